The van der Waals surface area contributed by atoms with Gasteiger partial charge in [-0.15, -0.1) is 24.8 Å². The van der Waals surface area contributed by atoms with Gasteiger partial charge in [-0.3, -0.25) is 4.90 Å². The lowest BCUT2D eigenvalue weighted by atomic mass is 9.85. The molecule has 26 heavy (non-hydrogen) atoms. The quantitative estimate of drug-likeness (QED) is 0.744. The minimum absolute atomic E-state index is 0. The molecule has 2 aliphatic rings. The molecule has 0 saturated carbocycles. The molecule has 2 saturated heterocycles. The summed E-state index contributed by atoms with van der Waals surface area (Å²) in [6.45, 7) is 5.70. The number of halogens is 5. The minimum atomic E-state index is -4.07. The van der Waals surface area contributed by atoms with Gasteiger partial charge in [0.25, 0.3) is 0 Å². The summed E-state index contributed by atoms with van der Waals surface area (Å²) in [5.74, 6) is -0.636. The second-order valence-corrected chi connectivity index (χ2v) is 7.34. The lowest BCUT2D eigenvalue weighted by molar-refractivity contribution is -0.187. The highest BCUT2D eigenvalue weighted by Gasteiger charge is 2.41. The maximum atomic E-state index is 13.0. The maximum Gasteiger partial charge on any atom is 0.393 e. The number of hydrogen-bond donors (Lipinski definition) is 1. The van der Waals surface area contributed by atoms with E-state index in [1.807, 2.05) is 4.90 Å². The zero-order chi connectivity index (χ0) is 17.2. The molecule has 1 aromatic rings. The normalized spacial score (nSPS) is 22.4. The Bertz CT molecular complexity index is 560. The molecule has 1 N–H and O–H groups in total. The van der Waals surface area contributed by atoms with Crippen LogP contribution in [0.15, 0.2) is 18.2 Å². The predicted octanol–water partition coefficient (Wildman–Crippen LogP) is 5.08. The monoisotopic (exact) mass is 412 g/mol. The van der Waals surface area contributed by atoms with Crippen LogP contribution in [0.25, 0.3) is 0 Å². The van der Waals surface area contributed by atoms with Gasteiger partial charge in [0.05, 0.1) is 5.92 Å². The summed E-state index contributed by atoms with van der Waals surface area (Å²) in [7, 11) is 0. The van der Waals surface area contributed by atoms with Gasteiger partial charge in [0.1, 0.15) is 0 Å². The van der Waals surface area contributed by atoms with Crippen molar-refractivity contribution in [2.45, 2.75) is 51.2 Å². The van der Waals surface area contributed by atoms with E-state index in [-0.39, 0.29) is 37.8 Å². The maximum absolute atomic E-state index is 13.0. The summed E-state index contributed by atoms with van der Waals surface area (Å²) >= 11 is 0. The van der Waals surface area contributed by atoms with Crippen LogP contribution in [0.4, 0.5) is 13.2 Å². The average Bonchev–Trinajstić information content (AvgIpc) is 2.57. The van der Waals surface area contributed by atoms with Crippen molar-refractivity contribution in [3.63, 3.8) is 0 Å². The Morgan fingerprint density at radius 2 is 1.81 bits per heavy atom. The van der Waals surface area contributed by atoms with E-state index >= 15 is 0 Å². The van der Waals surface area contributed by atoms with Gasteiger partial charge >= 0.3 is 6.18 Å². The van der Waals surface area contributed by atoms with Crippen molar-refractivity contribution in [1.82, 2.24) is 10.2 Å². The van der Waals surface area contributed by atoms with Crippen LogP contribution in [0.5, 0.6) is 0 Å². The third-order valence-corrected chi connectivity index (χ3v) is 5.44. The highest BCUT2D eigenvalue weighted by atomic mass is 35.5. The molecule has 2 fully saturated rings. The van der Waals surface area contributed by atoms with E-state index < -0.39 is 12.1 Å². The van der Waals surface area contributed by atoms with Crippen LogP contribution in [0.1, 0.15) is 48.3 Å². The number of hydrogen-bond acceptors (Lipinski definition) is 2. The molecule has 3 rings (SSSR count). The van der Waals surface area contributed by atoms with Crippen molar-refractivity contribution in [3.8, 4) is 0 Å². The Balaban J connectivity index is 0.00000169. The smallest absolute Gasteiger partial charge is 0.317 e. The summed E-state index contributed by atoms with van der Waals surface area (Å²) < 4.78 is 39.1. The number of piperidine rings is 2. The average molecular weight is 413 g/mol. The molecule has 2 nitrogen and oxygen atoms in total. The molecule has 2 aliphatic heterocycles. The third-order valence-electron chi connectivity index (χ3n) is 5.44. The van der Waals surface area contributed by atoms with Gasteiger partial charge < -0.3 is 5.32 Å². The number of rotatable bonds is 3. The van der Waals surface area contributed by atoms with Crippen LogP contribution in [0.2, 0.25) is 0 Å². The lowest BCUT2D eigenvalue weighted by Gasteiger charge is -2.35. The molecule has 0 aliphatic carbocycles. The van der Waals surface area contributed by atoms with Gasteiger partial charge in [-0.1, -0.05) is 23.8 Å². The summed E-state index contributed by atoms with van der Waals surface area (Å²) in [5.41, 5.74) is 3.81. The van der Waals surface area contributed by atoms with E-state index in [2.05, 4.69) is 30.4 Å². The van der Waals surface area contributed by atoms with Crippen molar-refractivity contribution in [2.24, 2.45) is 5.92 Å². The van der Waals surface area contributed by atoms with Gasteiger partial charge in [-0.05, 0) is 69.3 Å². The number of nitrogens with one attached hydrogen (secondary N) is 1. The Morgan fingerprint density at radius 1 is 1.12 bits per heavy atom. The number of aryl methyl sites for hydroxylation is 1. The fraction of sp³-hybridized carbons (Fsp3) is 0.684. The van der Waals surface area contributed by atoms with Crippen LogP contribution in [0, 0.1) is 12.8 Å². The molecule has 0 bridgehead atoms. The minimum Gasteiger partial charge on any atom is -0.317 e. The standard InChI is InChI=1S/C19H27F3N2.2ClH/c1-14-4-5-16(18(11-14)15-6-8-23-9-7-15)12-24-10-2-3-17(13-24)19(20,21)22;;/h4-5,11,15,17,23H,2-3,6-10,12-13H2,1H3;2*1H. The zero-order valence-electron chi connectivity index (χ0n) is 15.1. The molecule has 150 valence electrons. The second kappa shape index (κ2) is 10.2. The largest absolute Gasteiger partial charge is 0.393 e. The first-order valence-corrected chi connectivity index (χ1v) is 9.02. The number of benzene rings is 1. The van der Waals surface area contributed by atoms with Gasteiger partial charge in [0.15, 0.2) is 0 Å². The highest BCUT2D eigenvalue weighted by molar-refractivity contribution is 5.85. The summed E-state index contributed by atoms with van der Waals surface area (Å²) in [5, 5.41) is 3.39. The molecular weight excluding hydrogens is 384 g/mol. The van der Waals surface area contributed by atoms with E-state index in [0.29, 0.717) is 18.9 Å². The first-order chi connectivity index (χ1) is 11.4. The lowest BCUT2D eigenvalue weighted by Crippen LogP contribution is -2.41. The van der Waals surface area contributed by atoms with E-state index in [9.17, 15) is 13.2 Å². The molecule has 0 aromatic heterocycles. The highest BCUT2D eigenvalue weighted by Crippen LogP contribution is 2.35. The van der Waals surface area contributed by atoms with Crippen molar-refractivity contribution in [2.75, 3.05) is 26.2 Å². The van der Waals surface area contributed by atoms with Crippen LogP contribution in [0.3, 0.4) is 0 Å². The van der Waals surface area contributed by atoms with E-state index in [1.54, 1.807) is 0 Å². The molecule has 1 aromatic carbocycles. The Hall–Kier alpha value is -0.490. The summed E-state index contributed by atoms with van der Waals surface area (Å²) in [4.78, 5) is 2.00. The Kier molecular flexibility index (Phi) is 9.21. The molecule has 2 heterocycles. The van der Waals surface area contributed by atoms with Crippen LogP contribution in [-0.4, -0.2) is 37.3 Å². The second-order valence-electron chi connectivity index (χ2n) is 7.34. The SMILES string of the molecule is Cc1ccc(CN2CCCC(C(F)(F)F)C2)c(C2CCNCC2)c1.Cl.Cl. The Labute approximate surface area is 166 Å². The zero-order valence-corrected chi connectivity index (χ0v) is 16.8. The van der Waals surface area contributed by atoms with E-state index in [1.165, 1.54) is 16.7 Å². The molecule has 0 spiro atoms. The fourth-order valence-electron chi connectivity index (χ4n) is 4.08. The molecule has 0 radical (unpaired) electrons. The van der Waals surface area contributed by atoms with Crippen LogP contribution in [-0.2, 0) is 6.54 Å². The predicted molar refractivity (Wildman–Crippen MR) is 105 cm³/mol. The molecule has 0 amide bonds. The van der Waals surface area contributed by atoms with E-state index in [4.69, 9.17) is 0 Å². The van der Waals surface area contributed by atoms with Gasteiger partial charge in [0.2, 0.25) is 0 Å². The number of likely N-dealkylation sites (tertiary alicyclic amines) is 1. The third kappa shape index (κ3) is 6.01. The molecule has 1 atom stereocenters. The van der Waals surface area contributed by atoms with Crippen molar-refractivity contribution in [3.05, 3.63) is 34.9 Å². The van der Waals surface area contributed by atoms with Gasteiger partial charge in [0, 0.05) is 13.1 Å². The van der Waals surface area contributed by atoms with Crippen molar-refractivity contribution < 1.29 is 13.2 Å². The van der Waals surface area contributed by atoms with Crippen LogP contribution < -0.4 is 5.32 Å². The first-order valence-electron chi connectivity index (χ1n) is 9.02. The van der Waals surface area contributed by atoms with Crippen molar-refractivity contribution in [1.29, 1.82) is 0 Å². The molecule has 1 unspecified atom stereocenters. The number of alkyl halides is 3. The topological polar surface area (TPSA) is 15.3 Å². The van der Waals surface area contributed by atoms with E-state index in [0.717, 1.165) is 32.5 Å². The summed E-state index contributed by atoms with van der Waals surface area (Å²) in [6, 6.07) is 6.46. The Morgan fingerprint density at radius 3 is 2.46 bits per heavy atom. The first kappa shape index (κ1) is 23.5. The molecular formula is C19H29Cl2F3N2. The molecule has 7 heteroatoms. The van der Waals surface area contributed by atoms with Gasteiger partial charge in [-0.25, -0.2) is 0 Å². The number of nitrogens with zero attached hydrogens (tertiary/aromatic N) is 1. The van der Waals surface area contributed by atoms with Gasteiger partial charge in [-0.2, -0.15) is 13.2 Å². The fourth-order valence-corrected chi connectivity index (χ4v) is 4.08. The van der Waals surface area contributed by atoms with Crippen LogP contribution >= 0.6 is 24.8 Å². The summed E-state index contributed by atoms with van der Waals surface area (Å²) in [6.07, 6.45) is -0.930. The van der Waals surface area contributed by atoms with Crippen molar-refractivity contribution >= 4 is 24.8 Å².